The van der Waals surface area contributed by atoms with Gasteiger partial charge in [0.05, 0.1) is 12.8 Å². The monoisotopic (exact) mass is 355 g/mol. The minimum atomic E-state index is -0.912. The molecule has 5 heteroatoms. The number of carboxylic acids is 1. The number of nitrogens with one attached hydrogen (secondary N) is 1. The lowest BCUT2D eigenvalue weighted by atomic mass is 9.85. The van der Waals surface area contributed by atoms with Gasteiger partial charge in [-0.1, -0.05) is 41.9 Å². The molecule has 0 spiro atoms. The lowest BCUT2D eigenvalue weighted by molar-refractivity contribution is -0.139. The Morgan fingerprint density at radius 1 is 1.38 bits per heavy atom. The molecule has 0 saturated heterocycles. The highest BCUT2D eigenvalue weighted by molar-refractivity contribution is 9.10. The Morgan fingerprint density at radius 2 is 2.00 bits per heavy atom. The predicted molar refractivity (Wildman–Crippen MR) is 86.2 cm³/mol. The molecule has 0 bridgehead atoms. The van der Waals surface area contributed by atoms with Gasteiger partial charge in [-0.2, -0.15) is 0 Å². The third-order valence-corrected chi connectivity index (χ3v) is 4.67. The summed E-state index contributed by atoms with van der Waals surface area (Å²) in [6, 6.07) is 5.77. The summed E-state index contributed by atoms with van der Waals surface area (Å²) in [6.45, 7) is 7.57. The summed E-state index contributed by atoms with van der Waals surface area (Å²) < 4.78 is 0.963. The maximum atomic E-state index is 12.2. The third-order valence-electron chi connectivity index (χ3n) is 3.82. The van der Waals surface area contributed by atoms with Crippen LogP contribution in [0.5, 0.6) is 0 Å². The predicted octanol–water partition coefficient (Wildman–Crippen LogP) is 3.31. The molecule has 1 amide bonds. The van der Waals surface area contributed by atoms with Gasteiger partial charge < -0.3 is 10.4 Å². The number of aryl methyl sites for hydroxylation is 1. The van der Waals surface area contributed by atoms with Gasteiger partial charge in [-0.15, -0.1) is 0 Å². The maximum absolute atomic E-state index is 12.2. The average Bonchev–Trinajstić information content (AvgIpc) is 2.32. The van der Waals surface area contributed by atoms with Gasteiger partial charge in [-0.25, -0.2) is 0 Å². The highest BCUT2D eigenvalue weighted by Crippen LogP contribution is 2.22. The average molecular weight is 356 g/mol. The van der Waals surface area contributed by atoms with E-state index in [1.807, 2.05) is 39.0 Å². The van der Waals surface area contributed by atoms with Crippen molar-refractivity contribution in [3.63, 3.8) is 0 Å². The molecule has 1 aromatic carbocycles. The minimum absolute atomic E-state index is 0.0299. The lowest BCUT2D eigenvalue weighted by Gasteiger charge is -2.33. The van der Waals surface area contributed by atoms with E-state index in [-0.39, 0.29) is 24.7 Å². The van der Waals surface area contributed by atoms with Crippen LogP contribution < -0.4 is 5.32 Å². The molecule has 0 aliphatic rings. The van der Waals surface area contributed by atoms with Crippen molar-refractivity contribution in [2.24, 2.45) is 5.92 Å². The van der Waals surface area contributed by atoms with Crippen molar-refractivity contribution in [3.05, 3.63) is 33.8 Å². The number of halogens is 1. The molecule has 1 unspecified atom stereocenters. The maximum Gasteiger partial charge on any atom is 0.305 e. The smallest absolute Gasteiger partial charge is 0.305 e. The van der Waals surface area contributed by atoms with Crippen LogP contribution >= 0.6 is 15.9 Å². The largest absolute Gasteiger partial charge is 0.481 e. The normalized spacial score (nSPS) is 13.8. The van der Waals surface area contributed by atoms with Gasteiger partial charge in [0.2, 0.25) is 5.91 Å². The number of carbonyl (C=O) groups is 2. The zero-order valence-corrected chi connectivity index (χ0v) is 14.5. The van der Waals surface area contributed by atoms with Crippen LogP contribution in [0.25, 0.3) is 0 Å². The SMILES string of the molecule is Cc1ccc(CC(=O)NC(C)(CC(=O)O)C(C)C)cc1Br. The molecule has 2 N–H and O–H groups in total. The lowest BCUT2D eigenvalue weighted by Crippen LogP contribution is -2.51. The minimum Gasteiger partial charge on any atom is -0.481 e. The van der Waals surface area contributed by atoms with Crippen molar-refractivity contribution in [1.29, 1.82) is 0 Å². The van der Waals surface area contributed by atoms with Gasteiger partial charge in [0.1, 0.15) is 0 Å². The van der Waals surface area contributed by atoms with E-state index < -0.39 is 11.5 Å². The van der Waals surface area contributed by atoms with Gasteiger partial charge in [-0.05, 0) is 37.0 Å². The fraction of sp³-hybridized carbons (Fsp3) is 0.500. The van der Waals surface area contributed by atoms with Crippen molar-refractivity contribution >= 4 is 27.8 Å². The van der Waals surface area contributed by atoms with E-state index in [0.29, 0.717) is 0 Å². The second kappa shape index (κ2) is 7.07. The van der Waals surface area contributed by atoms with Crippen LogP contribution in [-0.4, -0.2) is 22.5 Å². The second-order valence-corrected chi connectivity index (χ2v) is 6.81. The first-order chi connectivity index (χ1) is 9.64. The summed E-state index contributed by atoms with van der Waals surface area (Å²) in [5.74, 6) is -1.05. The topological polar surface area (TPSA) is 66.4 Å². The molecule has 0 heterocycles. The fourth-order valence-corrected chi connectivity index (χ4v) is 2.43. The number of benzene rings is 1. The quantitative estimate of drug-likeness (QED) is 0.822. The fourth-order valence-electron chi connectivity index (χ4n) is 2.00. The van der Waals surface area contributed by atoms with E-state index in [1.54, 1.807) is 6.92 Å². The number of carbonyl (C=O) groups excluding carboxylic acids is 1. The Labute approximate surface area is 134 Å². The Bertz CT molecular complexity index is 542. The van der Waals surface area contributed by atoms with E-state index in [9.17, 15) is 9.59 Å². The second-order valence-electron chi connectivity index (χ2n) is 5.95. The van der Waals surface area contributed by atoms with E-state index in [2.05, 4.69) is 21.2 Å². The van der Waals surface area contributed by atoms with Gasteiger partial charge in [0.25, 0.3) is 0 Å². The first-order valence-corrected chi connectivity index (χ1v) is 7.71. The molecule has 4 nitrogen and oxygen atoms in total. The van der Waals surface area contributed by atoms with Gasteiger partial charge >= 0.3 is 5.97 Å². The first kappa shape index (κ1) is 17.7. The molecular formula is C16H22BrNO3. The Morgan fingerprint density at radius 3 is 2.48 bits per heavy atom. The van der Waals surface area contributed by atoms with E-state index in [4.69, 9.17) is 5.11 Å². The van der Waals surface area contributed by atoms with Crippen molar-refractivity contribution < 1.29 is 14.7 Å². The molecule has 1 aromatic rings. The molecule has 116 valence electrons. The molecule has 21 heavy (non-hydrogen) atoms. The van der Waals surface area contributed by atoms with Crippen LogP contribution in [0.15, 0.2) is 22.7 Å². The molecule has 0 aliphatic heterocycles. The van der Waals surface area contributed by atoms with Gasteiger partial charge in [0, 0.05) is 10.0 Å². The van der Waals surface area contributed by atoms with E-state index >= 15 is 0 Å². The third kappa shape index (κ3) is 5.16. The molecule has 0 radical (unpaired) electrons. The molecule has 1 atom stereocenters. The van der Waals surface area contributed by atoms with Crippen LogP contribution in [0.1, 0.15) is 38.3 Å². The number of amides is 1. The van der Waals surface area contributed by atoms with Crippen molar-refractivity contribution in [1.82, 2.24) is 5.32 Å². The number of carboxylic acid groups (broad SMARTS) is 1. The van der Waals surface area contributed by atoms with Crippen LogP contribution in [0.4, 0.5) is 0 Å². The number of aliphatic carboxylic acids is 1. The summed E-state index contributed by atoms with van der Waals surface area (Å²) in [6.07, 6.45) is 0.148. The molecule has 0 fully saturated rings. The summed E-state index contributed by atoms with van der Waals surface area (Å²) in [4.78, 5) is 23.2. The molecule has 0 saturated carbocycles. The number of rotatable bonds is 6. The Kier molecular flexibility index (Phi) is 5.96. The van der Waals surface area contributed by atoms with Crippen LogP contribution in [-0.2, 0) is 16.0 Å². The van der Waals surface area contributed by atoms with Crippen molar-refractivity contribution in [2.75, 3.05) is 0 Å². The molecule has 0 aromatic heterocycles. The van der Waals surface area contributed by atoms with Crippen molar-refractivity contribution in [2.45, 2.75) is 46.1 Å². The van der Waals surface area contributed by atoms with Crippen LogP contribution in [0, 0.1) is 12.8 Å². The Hall–Kier alpha value is -1.36. The highest BCUT2D eigenvalue weighted by Gasteiger charge is 2.32. The summed E-state index contributed by atoms with van der Waals surface area (Å²) in [5.41, 5.74) is 1.26. The van der Waals surface area contributed by atoms with Crippen LogP contribution in [0.3, 0.4) is 0 Å². The molecular weight excluding hydrogens is 334 g/mol. The zero-order valence-electron chi connectivity index (χ0n) is 12.9. The molecule has 0 aliphatic carbocycles. The highest BCUT2D eigenvalue weighted by atomic mass is 79.9. The van der Waals surface area contributed by atoms with Crippen molar-refractivity contribution in [3.8, 4) is 0 Å². The molecule has 1 rings (SSSR count). The summed E-state index contributed by atoms with van der Waals surface area (Å²) in [7, 11) is 0. The van der Waals surface area contributed by atoms with Gasteiger partial charge in [0.15, 0.2) is 0 Å². The van der Waals surface area contributed by atoms with E-state index in [1.165, 1.54) is 0 Å². The summed E-state index contributed by atoms with van der Waals surface area (Å²) in [5, 5.41) is 11.9. The van der Waals surface area contributed by atoms with Crippen LogP contribution in [0.2, 0.25) is 0 Å². The van der Waals surface area contributed by atoms with Gasteiger partial charge in [-0.3, -0.25) is 9.59 Å². The first-order valence-electron chi connectivity index (χ1n) is 6.92. The standard InChI is InChI=1S/C16H22BrNO3/c1-10(2)16(4,9-15(20)21)18-14(19)8-12-6-5-11(3)13(17)7-12/h5-7,10H,8-9H2,1-4H3,(H,18,19)(H,20,21). The zero-order chi connectivity index (χ0) is 16.2. The summed E-state index contributed by atoms with van der Waals surface area (Å²) >= 11 is 3.44. The Balaban J connectivity index is 2.78. The van der Waals surface area contributed by atoms with E-state index in [0.717, 1.165) is 15.6 Å². The number of hydrogen-bond donors (Lipinski definition) is 2. The number of hydrogen-bond acceptors (Lipinski definition) is 2.